The number of fused-ring (bicyclic) bond motifs is 1. The first-order valence-electron chi connectivity index (χ1n) is 5.52. The molecule has 0 aliphatic heterocycles. The monoisotopic (exact) mass is 201 g/mol. The first kappa shape index (κ1) is 8.92. The van der Waals surface area contributed by atoms with Crippen molar-refractivity contribution in [2.24, 2.45) is 5.73 Å². The van der Waals surface area contributed by atoms with Crippen molar-refractivity contribution in [2.45, 2.75) is 31.2 Å². The van der Waals surface area contributed by atoms with Crippen LogP contribution in [-0.2, 0) is 5.54 Å². The Hall–Kier alpha value is -1.35. The van der Waals surface area contributed by atoms with Crippen LogP contribution in [0, 0.1) is 0 Å². The second kappa shape index (κ2) is 3.07. The topological polar surface area (TPSA) is 54.7 Å². The van der Waals surface area contributed by atoms with Crippen LogP contribution in [0.1, 0.15) is 31.5 Å². The zero-order chi connectivity index (χ0) is 10.3. The van der Waals surface area contributed by atoms with E-state index in [-0.39, 0.29) is 5.54 Å². The molecule has 15 heavy (non-hydrogen) atoms. The molecule has 1 saturated carbocycles. The molecule has 3 nitrogen and oxygen atoms in total. The van der Waals surface area contributed by atoms with Crippen LogP contribution in [0.4, 0.5) is 0 Å². The number of aromatic nitrogens is 2. The van der Waals surface area contributed by atoms with Crippen molar-refractivity contribution in [1.82, 2.24) is 9.97 Å². The summed E-state index contributed by atoms with van der Waals surface area (Å²) in [5.74, 6) is 0.959. The van der Waals surface area contributed by atoms with Gasteiger partial charge < -0.3 is 10.7 Å². The van der Waals surface area contributed by atoms with E-state index >= 15 is 0 Å². The molecule has 0 atom stereocenters. The third-order valence-corrected chi connectivity index (χ3v) is 3.36. The summed E-state index contributed by atoms with van der Waals surface area (Å²) in [5.41, 5.74) is 8.25. The summed E-state index contributed by atoms with van der Waals surface area (Å²) in [5, 5.41) is 0. The van der Waals surface area contributed by atoms with Crippen LogP contribution in [0.2, 0.25) is 0 Å². The number of hydrogen-bond acceptors (Lipinski definition) is 2. The molecule has 1 aromatic carbocycles. The summed E-state index contributed by atoms with van der Waals surface area (Å²) in [4.78, 5) is 7.93. The molecule has 0 amide bonds. The summed E-state index contributed by atoms with van der Waals surface area (Å²) < 4.78 is 0. The maximum atomic E-state index is 6.35. The van der Waals surface area contributed by atoms with E-state index in [1.807, 2.05) is 24.3 Å². The van der Waals surface area contributed by atoms with Crippen molar-refractivity contribution in [1.29, 1.82) is 0 Å². The first-order chi connectivity index (χ1) is 7.28. The molecule has 0 unspecified atom stereocenters. The number of nitrogens with zero attached hydrogens (tertiary/aromatic N) is 1. The van der Waals surface area contributed by atoms with Crippen LogP contribution in [0.15, 0.2) is 24.3 Å². The van der Waals surface area contributed by atoms with Crippen molar-refractivity contribution in [2.75, 3.05) is 0 Å². The second-order valence-electron chi connectivity index (χ2n) is 4.47. The minimum Gasteiger partial charge on any atom is -0.340 e. The lowest BCUT2D eigenvalue weighted by Crippen LogP contribution is -2.34. The lowest BCUT2D eigenvalue weighted by atomic mass is 9.99. The molecule has 1 heterocycles. The number of H-pyrrole nitrogens is 1. The molecule has 78 valence electrons. The smallest absolute Gasteiger partial charge is 0.127 e. The molecule has 3 rings (SSSR count). The summed E-state index contributed by atoms with van der Waals surface area (Å²) >= 11 is 0. The number of nitrogens with two attached hydrogens (primary N) is 1. The Labute approximate surface area is 88.7 Å². The fourth-order valence-electron chi connectivity index (χ4n) is 2.43. The number of imidazole rings is 1. The van der Waals surface area contributed by atoms with Gasteiger partial charge in [0.2, 0.25) is 0 Å². The van der Waals surface area contributed by atoms with Gasteiger partial charge in [-0.2, -0.15) is 0 Å². The van der Waals surface area contributed by atoms with Gasteiger partial charge in [-0.1, -0.05) is 25.0 Å². The van der Waals surface area contributed by atoms with Gasteiger partial charge in [-0.15, -0.1) is 0 Å². The average molecular weight is 201 g/mol. The molecule has 0 radical (unpaired) electrons. The summed E-state index contributed by atoms with van der Waals surface area (Å²) in [6.07, 6.45) is 4.53. The van der Waals surface area contributed by atoms with Gasteiger partial charge in [0.1, 0.15) is 5.82 Å². The Morgan fingerprint density at radius 3 is 2.67 bits per heavy atom. The van der Waals surface area contributed by atoms with Gasteiger partial charge >= 0.3 is 0 Å². The van der Waals surface area contributed by atoms with Crippen molar-refractivity contribution in [3.05, 3.63) is 30.1 Å². The molecule has 1 aliphatic carbocycles. The maximum Gasteiger partial charge on any atom is 0.127 e. The van der Waals surface area contributed by atoms with E-state index < -0.39 is 0 Å². The zero-order valence-corrected chi connectivity index (χ0v) is 8.66. The number of benzene rings is 1. The third kappa shape index (κ3) is 1.35. The Balaban J connectivity index is 2.11. The average Bonchev–Trinajstić information content (AvgIpc) is 2.84. The Bertz CT molecular complexity index is 447. The number of rotatable bonds is 1. The van der Waals surface area contributed by atoms with E-state index in [9.17, 15) is 0 Å². The SMILES string of the molecule is NC1(c2nc3ccccc3[nH]2)CCCC1. The molecular weight excluding hydrogens is 186 g/mol. The summed E-state index contributed by atoms with van der Waals surface area (Å²) in [6.45, 7) is 0. The van der Waals surface area contributed by atoms with Crippen LogP contribution < -0.4 is 5.73 Å². The quantitative estimate of drug-likeness (QED) is 0.743. The fraction of sp³-hybridized carbons (Fsp3) is 0.417. The minimum absolute atomic E-state index is 0.209. The van der Waals surface area contributed by atoms with Crippen molar-refractivity contribution in [3.8, 4) is 0 Å². The van der Waals surface area contributed by atoms with E-state index in [4.69, 9.17) is 5.73 Å². The third-order valence-electron chi connectivity index (χ3n) is 3.36. The van der Waals surface area contributed by atoms with Crippen LogP contribution in [0.3, 0.4) is 0 Å². The van der Waals surface area contributed by atoms with Gasteiger partial charge in [-0.05, 0) is 25.0 Å². The molecule has 0 bridgehead atoms. The summed E-state index contributed by atoms with van der Waals surface area (Å²) in [6, 6.07) is 8.09. The number of aromatic amines is 1. The van der Waals surface area contributed by atoms with Gasteiger partial charge in [0, 0.05) is 0 Å². The summed E-state index contributed by atoms with van der Waals surface area (Å²) in [7, 11) is 0. The molecule has 1 fully saturated rings. The highest BCUT2D eigenvalue weighted by atomic mass is 15.0. The van der Waals surface area contributed by atoms with Crippen LogP contribution in [-0.4, -0.2) is 9.97 Å². The second-order valence-corrected chi connectivity index (χ2v) is 4.47. The van der Waals surface area contributed by atoms with E-state index in [1.165, 1.54) is 12.8 Å². The standard InChI is InChI=1S/C12H15N3/c13-12(7-3-4-8-12)11-14-9-5-1-2-6-10(9)15-11/h1-2,5-6H,3-4,7-8,13H2,(H,14,15). The molecule has 2 aromatic rings. The Kier molecular flexibility index (Phi) is 1.83. The lowest BCUT2D eigenvalue weighted by Gasteiger charge is -2.19. The molecule has 1 aromatic heterocycles. The maximum absolute atomic E-state index is 6.35. The molecule has 1 aliphatic rings. The van der Waals surface area contributed by atoms with E-state index in [1.54, 1.807) is 0 Å². The first-order valence-corrected chi connectivity index (χ1v) is 5.52. The van der Waals surface area contributed by atoms with Crippen molar-refractivity contribution < 1.29 is 0 Å². The van der Waals surface area contributed by atoms with E-state index in [0.29, 0.717) is 0 Å². The molecule has 3 N–H and O–H groups in total. The van der Waals surface area contributed by atoms with Gasteiger partial charge in [0.05, 0.1) is 16.6 Å². The number of para-hydroxylation sites is 2. The molecule has 0 spiro atoms. The Morgan fingerprint density at radius 2 is 1.93 bits per heavy atom. The van der Waals surface area contributed by atoms with Crippen LogP contribution in [0.25, 0.3) is 11.0 Å². The number of nitrogens with one attached hydrogen (secondary N) is 1. The molecule has 0 saturated heterocycles. The van der Waals surface area contributed by atoms with Crippen molar-refractivity contribution in [3.63, 3.8) is 0 Å². The van der Waals surface area contributed by atoms with Crippen LogP contribution in [0.5, 0.6) is 0 Å². The molecule has 3 heteroatoms. The minimum atomic E-state index is -0.209. The molecular formula is C12H15N3. The van der Waals surface area contributed by atoms with E-state index in [0.717, 1.165) is 29.7 Å². The highest BCUT2D eigenvalue weighted by Gasteiger charge is 2.34. The largest absolute Gasteiger partial charge is 0.340 e. The van der Waals surface area contributed by atoms with Crippen molar-refractivity contribution >= 4 is 11.0 Å². The highest BCUT2D eigenvalue weighted by molar-refractivity contribution is 5.74. The normalized spacial score (nSPS) is 19.8. The fourth-order valence-corrected chi connectivity index (χ4v) is 2.43. The highest BCUT2D eigenvalue weighted by Crippen LogP contribution is 2.35. The van der Waals surface area contributed by atoms with Gasteiger partial charge in [-0.3, -0.25) is 0 Å². The lowest BCUT2D eigenvalue weighted by molar-refractivity contribution is 0.437. The number of hydrogen-bond donors (Lipinski definition) is 2. The van der Waals surface area contributed by atoms with Gasteiger partial charge in [0.25, 0.3) is 0 Å². The van der Waals surface area contributed by atoms with Gasteiger partial charge in [0.15, 0.2) is 0 Å². The Morgan fingerprint density at radius 1 is 1.20 bits per heavy atom. The van der Waals surface area contributed by atoms with Crippen LogP contribution >= 0.6 is 0 Å². The van der Waals surface area contributed by atoms with E-state index in [2.05, 4.69) is 9.97 Å². The predicted octanol–water partition coefficient (Wildman–Crippen LogP) is 2.29. The van der Waals surface area contributed by atoms with Gasteiger partial charge in [-0.25, -0.2) is 4.98 Å². The zero-order valence-electron chi connectivity index (χ0n) is 8.66. The predicted molar refractivity (Wildman–Crippen MR) is 60.4 cm³/mol.